The maximum atomic E-state index is 13.1. The van der Waals surface area contributed by atoms with Gasteiger partial charge in [0.15, 0.2) is 5.65 Å². The summed E-state index contributed by atoms with van der Waals surface area (Å²) in [6.45, 7) is 4.30. The summed E-state index contributed by atoms with van der Waals surface area (Å²) in [6.07, 6.45) is -0.394. The van der Waals surface area contributed by atoms with Gasteiger partial charge >= 0.3 is 6.18 Å². The first kappa shape index (κ1) is 23.1. The van der Waals surface area contributed by atoms with Crippen molar-refractivity contribution in [3.63, 3.8) is 0 Å². The molecule has 0 radical (unpaired) electrons. The number of carbonyl (C=O) groups is 1. The van der Waals surface area contributed by atoms with Crippen molar-refractivity contribution < 1.29 is 22.7 Å². The van der Waals surface area contributed by atoms with E-state index < -0.39 is 11.7 Å². The second kappa shape index (κ2) is 9.43. The fraction of sp³-hybridized carbons (Fsp3) is 0.304. The first-order chi connectivity index (χ1) is 16.3. The minimum absolute atomic E-state index is 0.153. The van der Waals surface area contributed by atoms with Crippen molar-refractivity contribution in [2.75, 3.05) is 25.4 Å². The molecule has 1 atom stereocenters. The first-order valence-electron chi connectivity index (χ1n) is 10.5. The minimum Gasteiger partial charge on any atom is -0.480 e. The number of nitrogens with zero attached hydrogens (tertiary/aromatic N) is 5. The lowest BCUT2D eigenvalue weighted by atomic mass is 10.1. The molecule has 11 heteroatoms. The Kier molecular flexibility index (Phi) is 6.40. The molecule has 3 heterocycles. The van der Waals surface area contributed by atoms with E-state index in [0.717, 1.165) is 18.9 Å². The third-order valence-electron chi connectivity index (χ3n) is 5.45. The molecule has 1 aliphatic heterocycles. The zero-order chi connectivity index (χ0) is 24.3. The number of amides is 1. The van der Waals surface area contributed by atoms with Crippen molar-refractivity contribution in [3.05, 3.63) is 54.5 Å². The van der Waals surface area contributed by atoms with E-state index in [1.54, 1.807) is 9.58 Å². The van der Waals surface area contributed by atoms with Crippen LogP contribution in [0.3, 0.4) is 0 Å². The van der Waals surface area contributed by atoms with E-state index in [1.807, 2.05) is 0 Å². The summed E-state index contributed by atoms with van der Waals surface area (Å²) in [6, 6.07) is 4.77. The van der Waals surface area contributed by atoms with Crippen LogP contribution in [-0.4, -0.2) is 50.3 Å². The summed E-state index contributed by atoms with van der Waals surface area (Å²) in [4.78, 5) is 22.1. The SMILES string of the molecule is C=CC(=O)N1CCCC(n2nc(C#CCOc3ccccc3C(F)(F)F)c3c(N)ncnc32)C1. The molecule has 4 rings (SSSR count). The Labute approximate surface area is 193 Å². The maximum absolute atomic E-state index is 13.1. The van der Waals surface area contributed by atoms with Crippen LogP contribution < -0.4 is 10.5 Å². The molecule has 0 spiro atoms. The number of rotatable bonds is 4. The van der Waals surface area contributed by atoms with Crippen LogP contribution in [0.15, 0.2) is 43.2 Å². The van der Waals surface area contributed by atoms with Crippen LogP contribution in [0.1, 0.15) is 30.1 Å². The van der Waals surface area contributed by atoms with Gasteiger partial charge in [0, 0.05) is 13.1 Å². The highest BCUT2D eigenvalue weighted by atomic mass is 19.4. The van der Waals surface area contributed by atoms with Crippen molar-refractivity contribution in [1.82, 2.24) is 24.6 Å². The minimum atomic E-state index is -4.54. The lowest BCUT2D eigenvalue weighted by Gasteiger charge is -2.32. The molecule has 1 fully saturated rings. The number of nitrogen functional groups attached to an aromatic ring is 1. The number of nitrogens with two attached hydrogens (primary N) is 1. The van der Waals surface area contributed by atoms with Crippen molar-refractivity contribution in [2.24, 2.45) is 0 Å². The largest absolute Gasteiger partial charge is 0.480 e. The number of benzene rings is 1. The quantitative estimate of drug-likeness (QED) is 0.465. The molecule has 1 amide bonds. The number of hydrogen-bond acceptors (Lipinski definition) is 6. The number of likely N-dealkylation sites (tertiary alicyclic amines) is 1. The molecule has 2 N–H and O–H groups in total. The van der Waals surface area contributed by atoms with Crippen molar-refractivity contribution in [1.29, 1.82) is 0 Å². The van der Waals surface area contributed by atoms with Crippen LogP contribution in [0.25, 0.3) is 11.0 Å². The molecule has 1 aliphatic rings. The molecule has 8 nitrogen and oxygen atoms in total. The summed E-state index contributed by atoms with van der Waals surface area (Å²) in [5.74, 6) is 5.22. The molecule has 1 saturated heterocycles. The van der Waals surface area contributed by atoms with Crippen LogP contribution in [0.5, 0.6) is 5.75 Å². The second-order valence-corrected chi connectivity index (χ2v) is 7.62. The molecule has 34 heavy (non-hydrogen) atoms. The van der Waals surface area contributed by atoms with Gasteiger partial charge in [0.05, 0.1) is 17.0 Å². The van der Waals surface area contributed by atoms with E-state index in [-0.39, 0.29) is 35.8 Å². The van der Waals surface area contributed by atoms with E-state index in [2.05, 4.69) is 33.5 Å². The molecule has 0 aliphatic carbocycles. The van der Waals surface area contributed by atoms with Gasteiger partial charge in [-0.05, 0) is 37.0 Å². The third kappa shape index (κ3) is 4.66. The zero-order valence-electron chi connectivity index (χ0n) is 18.0. The standard InChI is InChI=1S/C23H21F3N6O2/c1-2-19(33)31-11-5-7-15(13-31)32-22-20(21(27)28-14-29-22)17(30-32)9-6-12-34-18-10-4-3-8-16(18)23(24,25)26/h2-4,8,10,14-15H,1,5,7,11-13H2,(H2,27,28,29). The van der Waals surface area contributed by atoms with E-state index in [9.17, 15) is 18.0 Å². The molecule has 1 unspecified atom stereocenters. The third-order valence-corrected chi connectivity index (χ3v) is 5.45. The van der Waals surface area contributed by atoms with E-state index in [1.165, 1.54) is 30.6 Å². The van der Waals surface area contributed by atoms with Gasteiger partial charge in [-0.15, -0.1) is 0 Å². The predicted molar refractivity (Wildman–Crippen MR) is 119 cm³/mol. The molecule has 176 valence electrons. The number of alkyl halides is 3. The highest BCUT2D eigenvalue weighted by Crippen LogP contribution is 2.35. The normalized spacial score (nSPS) is 16.1. The maximum Gasteiger partial charge on any atom is 0.419 e. The van der Waals surface area contributed by atoms with Crippen molar-refractivity contribution in [2.45, 2.75) is 25.1 Å². The fourth-order valence-corrected chi connectivity index (χ4v) is 3.88. The monoisotopic (exact) mass is 470 g/mol. The van der Waals surface area contributed by atoms with Crippen LogP contribution in [0.4, 0.5) is 19.0 Å². The highest BCUT2D eigenvalue weighted by Gasteiger charge is 2.34. The number of aromatic nitrogens is 4. The summed E-state index contributed by atoms with van der Waals surface area (Å²) in [5.41, 5.74) is 5.93. The van der Waals surface area contributed by atoms with E-state index >= 15 is 0 Å². The second-order valence-electron chi connectivity index (χ2n) is 7.62. The Morgan fingerprint density at radius 2 is 2.12 bits per heavy atom. The number of ether oxygens (including phenoxy) is 1. The average Bonchev–Trinajstić information content (AvgIpc) is 3.21. The van der Waals surface area contributed by atoms with Crippen LogP contribution in [0, 0.1) is 11.8 Å². The molecule has 0 saturated carbocycles. The molecule has 1 aromatic carbocycles. The molecular weight excluding hydrogens is 449 g/mol. The number of hydrogen-bond donors (Lipinski definition) is 1. The summed E-state index contributed by atoms with van der Waals surface area (Å²) in [5, 5.41) is 5.00. The van der Waals surface area contributed by atoms with Crippen LogP contribution in [-0.2, 0) is 11.0 Å². The van der Waals surface area contributed by atoms with Crippen LogP contribution >= 0.6 is 0 Å². The van der Waals surface area contributed by atoms with Gasteiger partial charge in [0.2, 0.25) is 5.91 Å². The topological polar surface area (TPSA) is 99.2 Å². The number of carbonyl (C=O) groups excluding carboxylic acids is 1. The first-order valence-corrected chi connectivity index (χ1v) is 10.5. The Balaban J connectivity index is 1.60. The van der Waals surface area contributed by atoms with Crippen molar-refractivity contribution in [3.8, 4) is 17.6 Å². The number of fused-ring (bicyclic) bond motifs is 1. The van der Waals surface area contributed by atoms with Crippen LogP contribution in [0.2, 0.25) is 0 Å². The number of piperidine rings is 1. The zero-order valence-corrected chi connectivity index (χ0v) is 18.0. The predicted octanol–water partition coefficient (Wildman–Crippen LogP) is 3.21. The molecular formula is C23H21F3N6O2. The van der Waals surface area contributed by atoms with Gasteiger partial charge in [0.1, 0.15) is 30.2 Å². The lowest BCUT2D eigenvalue weighted by molar-refractivity contribution is -0.138. The number of anilines is 1. The lowest BCUT2D eigenvalue weighted by Crippen LogP contribution is -2.40. The molecule has 2 aromatic heterocycles. The number of halogens is 3. The van der Waals surface area contributed by atoms with Gasteiger partial charge in [-0.1, -0.05) is 24.6 Å². The van der Waals surface area contributed by atoms with Gasteiger partial charge in [0.25, 0.3) is 0 Å². The summed E-state index contributed by atoms with van der Waals surface area (Å²) in [7, 11) is 0. The van der Waals surface area contributed by atoms with Crippen molar-refractivity contribution >= 4 is 22.8 Å². The molecule has 3 aromatic rings. The Morgan fingerprint density at radius 3 is 2.88 bits per heavy atom. The van der Waals surface area contributed by atoms with Gasteiger partial charge in [-0.3, -0.25) is 4.79 Å². The average molecular weight is 470 g/mol. The smallest absolute Gasteiger partial charge is 0.419 e. The number of para-hydroxylation sites is 1. The Bertz CT molecular complexity index is 1290. The Morgan fingerprint density at radius 1 is 1.32 bits per heavy atom. The summed E-state index contributed by atoms with van der Waals surface area (Å²) < 4.78 is 46.3. The van der Waals surface area contributed by atoms with Gasteiger partial charge < -0.3 is 15.4 Å². The van der Waals surface area contributed by atoms with E-state index in [0.29, 0.717) is 24.1 Å². The molecule has 0 bridgehead atoms. The fourth-order valence-electron chi connectivity index (χ4n) is 3.88. The summed E-state index contributed by atoms with van der Waals surface area (Å²) >= 11 is 0. The van der Waals surface area contributed by atoms with Gasteiger partial charge in [-0.2, -0.15) is 18.3 Å². The van der Waals surface area contributed by atoms with Gasteiger partial charge in [-0.25, -0.2) is 14.6 Å². The van der Waals surface area contributed by atoms with E-state index in [4.69, 9.17) is 10.5 Å². The Hall–Kier alpha value is -4.07. The highest BCUT2D eigenvalue weighted by molar-refractivity contribution is 5.90.